The van der Waals surface area contributed by atoms with Gasteiger partial charge in [-0.2, -0.15) is 0 Å². The van der Waals surface area contributed by atoms with Crippen LogP contribution in [0.2, 0.25) is 0 Å². The highest BCUT2D eigenvalue weighted by Crippen LogP contribution is 2.16. The molecule has 1 fully saturated rings. The molecule has 1 aromatic rings. The van der Waals surface area contributed by atoms with Gasteiger partial charge in [-0.15, -0.1) is 12.4 Å². The lowest BCUT2D eigenvalue weighted by Crippen LogP contribution is -2.42. The topological polar surface area (TPSA) is 55.6 Å². The van der Waals surface area contributed by atoms with Gasteiger partial charge in [0.05, 0.1) is 0 Å². The van der Waals surface area contributed by atoms with E-state index in [2.05, 4.69) is 0 Å². The second-order valence-electron chi connectivity index (χ2n) is 4.73. The maximum Gasteiger partial charge on any atom is 0.410 e. The molecule has 1 aromatic carbocycles. The Balaban J connectivity index is 0.00000180. The van der Waals surface area contributed by atoms with Gasteiger partial charge in [0.2, 0.25) is 0 Å². The van der Waals surface area contributed by atoms with Crippen LogP contribution < -0.4 is 5.73 Å². The first kappa shape index (κ1) is 15.8. The number of halogens is 1. The molecule has 1 aliphatic rings. The van der Waals surface area contributed by atoms with Crippen molar-refractivity contribution in [2.24, 2.45) is 11.7 Å². The highest BCUT2D eigenvalue weighted by atomic mass is 35.5. The van der Waals surface area contributed by atoms with Crippen LogP contribution in [0.4, 0.5) is 4.79 Å². The second kappa shape index (κ2) is 8.02. The lowest BCUT2D eigenvalue weighted by Gasteiger charge is -2.31. The number of amides is 1. The lowest BCUT2D eigenvalue weighted by atomic mass is 9.99. The first-order valence-corrected chi connectivity index (χ1v) is 6.45. The van der Waals surface area contributed by atoms with Crippen molar-refractivity contribution >= 4 is 18.5 Å². The minimum atomic E-state index is -0.225. The zero-order valence-electron chi connectivity index (χ0n) is 11.0. The van der Waals surface area contributed by atoms with Gasteiger partial charge in [0.1, 0.15) is 6.61 Å². The molecule has 5 heteroatoms. The van der Waals surface area contributed by atoms with Gasteiger partial charge in [-0.1, -0.05) is 30.3 Å². The van der Waals surface area contributed by atoms with Gasteiger partial charge in [-0.25, -0.2) is 4.79 Å². The summed E-state index contributed by atoms with van der Waals surface area (Å²) >= 11 is 0. The van der Waals surface area contributed by atoms with Crippen molar-refractivity contribution in [3.63, 3.8) is 0 Å². The fourth-order valence-corrected chi connectivity index (χ4v) is 2.23. The molecule has 0 aromatic heterocycles. The smallest absolute Gasteiger partial charge is 0.410 e. The average molecular weight is 285 g/mol. The number of piperidine rings is 1. The quantitative estimate of drug-likeness (QED) is 0.927. The maximum atomic E-state index is 11.9. The van der Waals surface area contributed by atoms with Gasteiger partial charge >= 0.3 is 6.09 Å². The van der Waals surface area contributed by atoms with Crippen molar-refractivity contribution in [1.82, 2.24) is 4.90 Å². The number of nitrogens with zero attached hydrogens (tertiary/aromatic N) is 1. The third-order valence-electron chi connectivity index (χ3n) is 3.32. The van der Waals surface area contributed by atoms with E-state index in [0.29, 0.717) is 19.1 Å². The molecule has 106 valence electrons. The predicted molar refractivity (Wildman–Crippen MR) is 77.2 cm³/mol. The molecule has 0 unspecified atom stereocenters. The van der Waals surface area contributed by atoms with Crippen molar-refractivity contribution in [2.75, 3.05) is 19.6 Å². The number of nitrogens with two attached hydrogens (primary N) is 1. The van der Waals surface area contributed by atoms with Crippen LogP contribution in [0.3, 0.4) is 0 Å². The normalized spacial score (nSPS) is 18.6. The highest BCUT2D eigenvalue weighted by Gasteiger charge is 2.23. The fourth-order valence-electron chi connectivity index (χ4n) is 2.23. The van der Waals surface area contributed by atoms with Gasteiger partial charge in [0, 0.05) is 13.1 Å². The average Bonchev–Trinajstić information content (AvgIpc) is 2.46. The number of benzene rings is 1. The van der Waals surface area contributed by atoms with Crippen LogP contribution >= 0.6 is 12.4 Å². The van der Waals surface area contributed by atoms with E-state index in [4.69, 9.17) is 10.5 Å². The van der Waals surface area contributed by atoms with E-state index in [1.54, 1.807) is 4.90 Å². The number of rotatable bonds is 3. The van der Waals surface area contributed by atoms with Crippen LogP contribution in [0.15, 0.2) is 30.3 Å². The molecule has 0 bridgehead atoms. The zero-order chi connectivity index (χ0) is 12.8. The summed E-state index contributed by atoms with van der Waals surface area (Å²) in [5.41, 5.74) is 6.66. The number of likely N-dealkylation sites (tertiary alicyclic amines) is 1. The summed E-state index contributed by atoms with van der Waals surface area (Å²) in [6, 6.07) is 9.73. The number of carbonyl (C=O) groups is 1. The van der Waals surface area contributed by atoms with Crippen LogP contribution in [0.1, 0.15) is 18.4 Å². The summed E-state index contributed by atoms with van der Waals surface area (Å²) in [5, 5.41) is 0. The molecule has 2 rings (SSSR count). The predicted octanol–water partition coefficient (Wildman–Crippen LogP) is 2.42. The van der Waals surface area contributed by atoms with Crippen LogP contribution in [0, 0.1) is 5.92 Å². The number of hydrogen-bond acceptors (Lipinski definition) is 3. The zero-order valence-corrected chi connectivity index (χ0v) is 11.8. The molecule has 1 aliphatic heterocycles. The molecular formula is C14H21ClN2O2. The Morgan fingerprint density at radius 3 is 2.79 bits per heavy atom. The van der Waals surface area contributed by atoms with E-state index in [0.717, 1.165) is 31.5 Å². The van der Waals surface area contributed by atoms with E-state index in [1.807, 2.05) is 30.3 Å². The first-order valence-electron chi connectivity index (χ1n) is 6.45. The minimum absolute atomic E-state index is 0. The van der Waals surface area contributed by atoms with Gasteiger partial charge < -0.3 is 15.4 Å². The van der Waals surface area contributed by atoms with Crippen molar-refractivity contribution < 1.29 is 9.53 Å². The van der Waals surface area contributed by atoms with Gasteiger partial charge in [0.25, 0.3) is 0 Å². The van der Waals surface area contributed by atoms with Crippen molar-refractivity contribution in [2.45, 2.75) is 19.4 Å². The second-order valence-corrected chi connectivity index (χ2v) is 4.73. The lowest BCUT2D eigenvalue weighted by molar-refractivity contribution is 0.0800. The Morgan fingerprint density at radius 1 is 1.37 bits per heavy atom. The Morgan fingerprint density at radius 2 is 2.11 bits per heavy atom. The van der Waals surface area contributed by atoms with Crippen LogP contribution in [-0.4, -0.2) is 30.6 Å². The van der Waals surface area contributed by atoms with Crippen LogP contribution in [0.25, 0.3) is 0 Å². The van der Waals surface area contributed by atoms with Crippen molar-refractivity contribution in [3.05, 3.63) is 35.9 Å². The summed E-state index contributed by atoms with van der Waals surface area (Å²) in [6.07, 6.45) is 1.90. The van der Waals surface area contributed by atoms with Gasteiger partial charge in [0.15, 0.2) is 0 Å². The highest BCUT2D eigenvalue weighted by molar-refractivity contribution is 5.85. The molecule has 0 saturated carbocycles. The van der Waals surface area contributed by atoms with E-state index >= 15 is 0 Å². The number of hydrogen-bond donors (Lipinski definition) is 1. The molecule has 0 aliphatic carbocycles. The summed E-state index contributed by atoms with van der Waals surface area (Å²) in [6.45, 7) is 2.49. The summed E-state index contributed by atoms with van der Waals surface area (Å²) in [7, 11) is 0. The molecule has 0 radical (unpaired) electrons. The standard InChI is InChI=1S/C14H20N2O2.ClH/c15-9-13-7-4-8-16(10-13)14(17)18-11-12-5-2-1-3-6-12;/h1-3,5-6,13H,4,7-11,15H2;1H/t13-;/m1./s1. The Kier molecular flexibility index (Phi) is 6.67. The fraction of sp³-hybridized carbons (Fsp3) is 0.500. The Bertz CT molecular complexity index is 386. The molecule has 2 N–H and O–H groups in total. The molecular weight excluding hydrogens is 264 g/mol. The summed E-state index contributed by atoms with van der Waals surface area (Å²) < 4.78 is 5.31. The number of carbonyl (C=O) groups excluding carboxylic acids is 1. The van der Waals surface area contributed by atoms with E-state index in [-0.39, 0.29) is 18.5 Å². The third-order valence-corrected chi connectivity index (χ3v) is 3.32. The molecule has 0 spiro atoms. The molecule has 1 amide bonds. The molecule has 19 heavy (non-hydrogen) atoms. The van der Waals surface area contributed by atoms with Gasteiger partial charge in [-0.3, -0.25) is 0 Å². The molecule has 1 atom stereocenters. The first-order chi connectivity index (χ1) is 8.79. The van der Waals surface area contributed by atoms with E-state index in [9.17, 15) is 4.79 Å². The van der Waals surface area contributed by atoms with Crippen LogP contribution in [-0.2, 0) is 11.3 Å². The maximum absolute atomic E-state index is 11.9. The summed E-state index contributed by atoms with van der Waals surface area (Å²) in [4.78, 5) is 13.7. The Labute approximate surface area is 120 Å². The monoisotopic (exact) mass is 284 g/mol. The molecule has 1 saturated heterocycles. The van der Waals surface area contributed by atoms with E-state index < -0.39 is 0 Å². The minimum Gasteiger partial charge on any atom is -0.445 e. The Hall–Kier alpha value is -1.26. The van der Waals surface area contributed by atoms with Crippen molar-refractivity contribution in [3.8, 4) is 0 Å². The molecule has 4 nitrogen and oxygen atoms in total. The third kappa shape index (κ3) is 4.73. The number of ether oxygens (including phenoxy) is 1. The van der Waals surface area contributed by atoms with Crippen LogP contribution in [0.5, 0.6) is 0 Å². The summed E-state index contributed by atoms with van der Waals surface area (Å²) in [5.74, 6) is 0.419. The van der Waals surface area contributed by atoms with Gasteiger partial charge in [-0.05, 0) is 30.9 Å². The largest absolute Gasteiger partial charge is 0.445 e. The molecule has 1 heterocycles. The SMILES string of the molecule is Cl.NC[C@H]1CCCN(C(=O)OCc2ccccc2)C1. The van der Waals surface area contributed by atoms with E-state index in [1.165, 1.54) is 0 Å². The van der Waals surface area contributed by atoms with Crippen molar-refractivity contribution in [1.29, 1.82) is 0 Å².